The number of rotatable bonds is 20. The molecule has 6 amide bonds. The SMILES string of the molecule is CC(=O)c1nn(-c2ccc(CO)cc2)c2c1CCN(c1ccc(I)cc1)C2=O.CC(=O)c1nn(-c2ccc(CO)cc2)c2c1CCN(c1ccc(N3CCCCC3=O)cc1)C2=O.CCOC(=O)/C(Cl)=N/Nc1ccc(C)cc1.Nc1ccc(I)cc1.O=C(Cl)CCCCBr.O=C1C(N2CCOCC2)=CCCN1c1ccc(I)cc1.O=C1CCCCN1.O=C1CCCCN1c1ccc(I)cc1. The van der Waals surface area contributed by atoms with Gasteiger partial charge in [0.2, 0.25) is 28.1 Å². The van der Waals surface area contributed by atoms with Crippen molar-refractivity contribution >= 4 is 233 Å². The number of esters is 1. The van der Waals surface area contributed by atoms with Crippen molar-refractivity contribution in [2.75, 3.05) is 113 Å². The summed E-state index contributed by atoms with van der Waals surface area (Å²) in [5, 5.41) is 34.5. The summed E-state index contributed by atoms with van der Waals surface area (Å²) < 4.78 is 17.8. The Kier molecular flexibility index (Phi) is 43.6. The Morgan fingerprint density at radius 3 is 1.28 bits per heavy atom. The first-order valence-corrected chi connectivity index (χ1v) is 50.6. The van der Waals surface area contributed by atoms with Crippen molar-refractivity contribution in [1.82, 2.24) is 29.8 Å². The third kappa shape index (κ3) is 31.9. The molecule has 10 aromatic rings. The number of hydrogen-bond acceptors (Lipinski definition) is 20. The monoisotopic (exact) mass is 2390 g/mol. The number of aryl methyl sites for hydroxylation is 1. The highest BCUT2D eigenvalue weighted by Gasteiger charge is 2.37. The number of alkyl halides is 1. The molecule has 135 heavy (non-hydrogen) atoms. The number of unbranched alkanes of at least 4 members (excludes halogenated alkanes) is 1. The Bertz CT molecular complexity index is 5730. The van der Waals surface area contributed by atoms with Crippen molar-refractivity contribution < 1.29 is 67.6 Å². The molecule has 2 aromatic heterocycles. The second-order valence-corrected chi connectivity index (χ2v) is 38.3. The van der Waals surface area contributed by atoms with E-state index in [-0.39, 0.29) is 77.2 Å². The van der Waals surface area contributed by atoms with Gasteiger partial charge in [-0.3, -0.25) is 48.6 Å². The number of nitrogens with two attached hydrogens (primary N) is 1. The van der Waals surface area contributed by atoms with Crippen LogP contribution >= 0.6 is 129 Å². The topological polar surface area (TPSA) is 347 Å². The lowest BCUT2D eigenvalue weighted by atomic mass is 10.0. The first-order valence-electron chi connectivity index (χ1n) is 44.5. The van der Waals surface area contributed by atoms with Crippen LogP contribution in [0, 0.1) is 21.2 Å². The van der Waals surface area contributed by atoms with Gasteiger partial charge in [-0.05, 0) is 355 Å². The molecule has 0 saturated carbocycles. The number of amides is 6. The van der Waals surface area contributed by atoms with Gasteiger partial charge in [-0.1, -0.05) is 75.6 Å². The highest BCUT2D eigenvalue weighted by molar-refractivity contribution is 14.1. The van der Waals surface area contributed by atoms with Gasteiger partial charge >= 0.3 is 5.97 Å². The van der Waals surface area contributed by atoms with E-state index < -0.39 is 5.97 Å². The molecule has 0 unspecified atom stereocenters. The number of aliphatic hydroxyl groups is 2. The number of nitrogens with zero attached hydrogens (tertiary/aromatic N) is 11. The van der Waals surface area contributed by atoms with Crippen LogP contribution in [0.1, 0.15) is 174 Å². The molecule has 9 heterocycles. The number of carbonyl (C=O) groups excluding carboxylic acids is 10. The number of benzene rings is 8. The van der Waals surface area contributed by atoms with E-state index in [1.54, 1.807) is 74.8 Å². The maximum atomic E-state index is 13.7. The van der Waals surface area contributed by atoms with Gasteiger partial charge in [-0.25, -0.2) is 14.2 Å². The number of carbonyl (C=O) groups is 10. The number of anilines is 7. The van der Waals surface area contributed by atoms with E-state index in [1.165, 1.54) is 29.2 Å². The fraction of sp³-hybridized carbons (Fsp3) is 0.330. The van der Waals surface area contributed by atoms with E-state index in [4.69, 9.17) is 33.7 Å². The molecule has 4 fully saturated rings. The predicted molar refractivity (Wildman–Crippen MR) is 567 cm³/mol. The van der Waals surface area contributed by atoms with E-state index in [1.807, 2.05) is 162 Å². The quantitative estimate of drug-likeness (QED) is 0.00544. The minimum absolute atomic E-state index is 0.0598. The number of hydrogen-bond donors (Lipinski definition) is 5. The van der Waals surface area contributed by atoms with Gasteiger partial charge in [-0.15, -0.1) is 0 Å². The molecule has 0 atom stereocenters. The molecular formula is C100H109BrCl2I4N14O14. The Morgan fingerprint density at radius 1 is 0.504 bits per heavy atom. The minimum Gasteiger partial charge on any atom is -0.461 e. The summed E-state index contributed by atoms with van der Waals surface area (Å²) in [4.78, 5) is 131. The molecule has 7 aliphatic heterocycles. The van der Waals surface area contributed by atoms with Crippen molar-refractivity contribution in [2.45, 2.75) is 137 Å². The number of aliphatic hydroxyl groups excluding tert-OH is 2. The largest absolute Gasteiger partial charge is 0.461 e. The normalized spacial score (nSPS) is 15.1. The van der Waals surface area contributed by atoms with Crippen LogP contribution in [-0.2, 0) is 64.3 Å². The molecule has 0 bridgehead atoms. The molecular weight excluding hydrogens is 2280 g/mol. The third-order valence-corrected chi connectivity index (χ3v) is 25.9. The fourth-order valence-electron chi connectivity index (χ4n) is 15.0. The van der Waals surface area contributed by atoms with Gasteiger partial charge in [0.1, 0.15) is 22.8 Å². The van der Waals surface area contributed by atoms with Crippen molar-refractivity contribution in [2.24, 2.45) is 5.10 Å². The maximum absolute atomic E-state index is 13.7. The summed E-state index contributed by atoms with van der Waals surface area (Å²) in [5.74, 6) is -0.656. The van der Waals surface area contributed by atoms with Gasteiger partial charge < -0.3 is 60.1 Å². The van der Waals surface area contributed by atoms with Gasteiger partial charge in [0.25, 0.3) is 17.7 Å². The number of halogens is 7. The van der Waals surface area contributed by atoms with Crippen molar-refractivity contribution in [1.29, 1.82) is 0 Å². The number of Topliss-reactive ketones (excluding diaryl/α,β-unsaturated/α-hetero) is 2. The summed E-state index contributed by atoms with van der Waals surface area (Å²) in [6.07, 6.45) is 14.8. The Hall–Kier alpha value is -9.85. The van der Waals surface area contributed by atoms with Crippen LogP contribution in [0.2, 0.25) is 0 Å². The first kappa shape index (κ1) is 107. The summed E-state index contributed by atoms with van der Waals surface area (Å²) in [6, 6.07) is 61.0. The molecule has 0 spiro atoms. The summed E-state index contributed by atoms with van der Waals surface area (Å²) in [6.45, 7) is 13.9. The lowest BCUT2D eigenvalue weighted by Crippen LogP contribution is -2.45. The smallest absolute Gasteiger partial charge is 0.370 e. The molecule has 7 aliphatic rings. The maximum Gasteiger partial charge on any atom is 0.370 e. The molecule has 4 saturated heterocycles. The molecule has 0 aliphatic carbocycles. The molecule has 35 heteroatoms. The lowest BCUT2D eigenvalue weighted by Gasteiger charge is -2.35. The lowest BCUT2D eigenvalue weighted by molar-refractivity contribution is -0.134. The average Bonchev–Trinajstić information content (AvgIpc) is 1.61. The zero-order valence-corrected chi connectivity index (χ0v) is 87.2. The van der Waals surface area contributed by atoms with E-state index in [0.29, 0.717) is 110 Å². The van der Waals surface area contributed by atoms with Crippen LogP contribution < -0.4 is 41.0 Å². The molecule has 17 rings (SSSR count). The second kappa shape index (κ2) is 54.9. The summed E-state index contributed by atoms with van der Waals surface area (Å²) in [7, 11) is 0. The Labute approximate surface area is 859 Å². The zero-order valence-electron chi connectivity index (χ0n) is 75.5. The number of fused-ring (bicyclic) bond motifs is 2. The van der Waals surface area contributed by atoms with Gasteiger partial charge in [0.15, 0.2) is 11.6 Å². The number of nitrogens with one attached hydrogen (secondary N) is 2. The highest BCUT2D eigenvalue weighted by Crippen LogP contribution is 2.35. The number of ketones is 2. The second-order valence-electron chi connectivity index (χ2n) is 31.7. The average molecular weight is 2390 g/mol. The zero-order chi connectivity index (χ0) is 97.0. The third-order valence-electron chi connectivity index (χ3n) is 22.0. The van der Waals surface area contributed by atoms with E-state index in [2.05, 4.69) is 148 Å². The molecule has 712 valence electrons. The fourth-order valence-corrected chi connectivity index (χ4v) is 17.0. The van der Waals surface area contributed by atoms with Crippen LogP contribution in [0.25, 0.3) is 11.4 Å². The molecule has 28 nitrogen and oxygen atoms in total. The van der Waals surface area contributed by atoms with Crippen molar-refractivity contribution in [3.8, 4) is 11.4 Å². The summed E-state index contributed by atoms with van der Waals surface area (Å²) in [5.41, 5.74) is 21.7. The van der Waals surface area contributed by atoms with E-state index >= 15 is 0 Å². The van der Waals surface area contributed by atoms with Gasteiger partial charge in [0.05, 0.1) is 55.8 Å². The van der Waals surface area contributed by atoms with Crippen LogP contribution in [0.4, 0.5) is 39.8 Å². The number of nitrogen functional groups attached to an aromatic ring is 1. The standard InChI is InChI=1S/C26H26N4O4.C21H18IN3O3.C15H17IN2O2.C11H13ClN2O2.C11H12INO.C6H6IN.C5H8BrClO.C5H9NO/c1-17(32)24-22-13-15-29(20-11-9-19(10-12-20)28-14-3-2-4-23(28)33)26(34)25(22)30(27-24)21-7-5-18(16-31)6-8-21;1-13(27)19-18-10-11-24(16-8-4-15(22)5-9-16)21(28)20(18)25(23-19)17-6-2-14(12-26)3-7-17;16-12-3-5-13(6-4-12)18-7-1-2-14(15(18)19)17-8-10-20-11-9-17;1-3-16-11(15)10(12)14-13-9-6-4-8(2)5-7-9;12-9-4-6-10(7-5-9)13-8-2-1-3-11(13)14;7-5-1-3-6(8)4-2-5;6-4-2-1-3-5(7)8;7-5-3-1-2-4-6-5/h5-12,31H,2-4,13-16H2,1H3;2-9,26H,10-12H2,1H3;2-6H,1,7-11H2;4-7,13H,3H2,1-2H3;4-7H,1-3,8H2;1-4H,8H2;1-4H2;1-4H2,(H,6,7)/b;;;14-10-;;;;. The van der Waals surface area contributed by atoms with Gasteiger partial charge in [0, 0.05) is 157 Å². The number of ether oxygens (including phenoxy) is 2. The number of piperidine rings is 3. The first-order chi connectivity index (χ1) is 65.1. The Morgan fingerprint density at radius 2 is 0.911 bits per heavy atom. The van der Waals surface area contributed by atoms with Crippen molar-refractivity contribution in [3.05, 3.63) is 271 Å². The molecule has 0 radical (unpaired) electrons. The van der Waals surface area contributed by atoms with Crippen LogP contribution in [-0.4, -0.2) is 176 Å². The van der Waals surface area contributed by atoms with E-state index in [0.717, 1.165) is 168 Å². The van der Waals surface area contributed by atoms with Gasteiger partial charge in [-0.2, -0.15) is 15.3 Å². The number of morpholine rings is 1. The van der Waals surface area contributed by atoms with Crippen LogP contribution in [0.3, 0.4) is 0 Å². The highest BCUT2D eigenvalue weighted by atomic mass is 127. The van der Waals surface area contributed by atoms with E-state index in [9.17, 15) is 58.2 Å². The predicted octanol–water partition coefficient (Wildman–Crippen LogP) is 18.7. The summed E-state index contributed by atoms with van der Waals surface area (Å²) >= 11 is 22.9. The Balaban J connectivity index is 0.000000169. The molecule has 8 aromatic carbocycles. The van der Waals surface area contributed by atoms with Crippen LogP contribution in [0.15, 0.2) is 211 Å². The number of aromatic nitrogens is 4. The number of hydrazone groups is 1. The van der Waals surface area contributed by atoms with Crippen LogP contribution in [0.5, 0.6) is 0 Å². The minimum atomic E-state index is -0.635. The van der Waals surface area contributed by atoms with Crippen molar-refractivity contribution in [3.63, 3.8) is 0 Å². The molecule has 6 N–H and O–H groups in total.